The molecule has 2 aliphatic rings. The summed E-state index contributed by atoms with van der Waals surface area (Å²) in [7, 11) is 0. The van der Waals surface area contributed by atoms with Crippen LogP contribution < -0.4 is 27.1 Å². The van der Waals surface area contributed by atoms with Crippen LogP contribution in [0.3, 0.4) is 0 Å². The van der Waals surface area contributed by atoms with E-state index < -0.39 is 0 Å². The highest BCUT2D eigenvalue weighted by molar-refractivity contribution is 5.78. The van der Waals surface area contributed by atoms with Crippen LogP contribution in [0, 0.1) is 0 Å². The summed E-state index contributed by atoms with van der Waals surface area (Å²) in [5.41, 5.74) is 11.6. The zero-order valence-corrected chi connectivity index (χ0v) is 43.3. The Labute approximate surface area is 415 Å². The van der Waals surface area contributed by atoms with Gasteiger partial charge in [0.05, 0.1) is 11.4 Å². The van der Waals surface area contributed by atoms with Crippen LogP contribution in [0.25, 0.3) is 33.4 Å². The third-order valence-corrected chi connectivity index (χ3v) is 13.3. The van der Waals surface area contributed by atoms with Gasteiger partial charge in [-0.2, -0.15) is 9.97 Å². The first-order chi connectivity index (χ1) is 33.7. The summed E-state index contributed by atoms with van der Waals surface area (Å²) in [5, 5.41) is 11.1. The summed E-state index contributed by atoms with van der Waals surface area (Å²) in [6.45, 7) is 29.2. The number of nitrogens with one attached hydrogen (secondary N) is 3. The maximum Gasteiger partial charge on any atom is 0.278 e. The third-order valence-electron chi connectivity index (χ3n) is 13.3. The maximum absolute atomic E-state index is 13.4. The molecule has 3 N–H and O–H groups in total. The number of rotatable bonds is 9. The molecule has 0 spiro atoms. The normalized spacial score (nSPS) is 14.2. The van der Waals surface area contributed by atoms with Crippen molar-refractivity contribution in [2.75, 3.05) is 23.7 Å². The van der Waals surface area contributed by atoms with Crippen molar-refractivity contribution in [2.24, 2.45) is 0 Å². The van der Waals surface area contributed by atoms with Crippen molar-refractivity contribution in [3.63, 3.8) is 0 Å². The summed E-state index contributed by atoms with van der Waals surface area (Å²) in [6.07, 6.45) is 8.87. The van der Waals surface area contributed by atoms with E-state index in [1.165, 1.54) is 22.3 Å². The second-order valence-corrected chi connectivity index (χ2v) is 21.7. The fourth-order valence-corrected chi connectivity index (χ4v) is 9.38. The number of anilines is 4. The molecule has 370 valence electrons. The Balaban J connectivity index is 0.000000176. The van der Waals surface area contributed by atoms with Crippen LogP contribution >= 0.6 is 0 Å². The zero-order valence-electron chi connectivity index (χ0n) is 43.3. The Morgan fingerprint density at radius 1 is 0.563 bits per heavy atom. The quantitative estimate of drug-likeness (QED) is 0.125. The molecule has 0 atom stereocenters. The first-order valence-electron chi connectivity index (χ1n) is 24.9. The number of hydrogen-bond donors (Lipinski definition) is 3. The van der Waals surface area contributed by atoms with Gasteiger partial charge < -0.3 is 16.0 Å². The first-order valence-corrected chi connectivity index (χ1v) is 24.9. The lowest BCUT2D eigenvalue weighted by Gasteiger charge is -2.32. The van der Waals surface area contributed by atoms with E-state index >= 15 is 0 Å². The summed E-state index contributed by atoms with van der Waals surface area (Å²) < 4.78 is 7.27. The molecule has 0 saturated carbocycles. The minimum atomic E-state index is -0.123. The second kappa shape index (κ2) is 19.3. The Hall–Kier alpha value is -7.04. The lowest BCUT2D eigenvalue weighted by Crippen LogP contribution is -2.35. The summed E-state index contributed by atoms with van der Waals surface area (Å²) in [6, 6.07) is 21.2. The van der Waals surface area contributed by atoms with Gasteiger partial charge >= 0.3 is 0 Å². The molecular weight excluding hydrogens is 889 g/mol. The number of pyridine rings is 2. The van der Waals surface area contributed by atoms with E-state index in [4.69, 9.17) is 9.97 Å². The van der Waals surface area contributed by atoms with Crippen LogP contribution in [0.1, 0.15) is 129 Å². The van der Waals surface area contributed by atoms with Crippen molar-refractivity contribution >= 4 is 45.3 Å². The molecule has 0 aliphatic carbocycles. The molecule has 6 aromatic heterocycles. The molecule has 8 aromatic rings. The van der Waals surface area contributed by atoms with E-state index in [-0.39, 0.29) is 34.0 Å². The lowest BCUT2D eigenvalue weighted by atomic mass is 9.91. The molecule has 2 aromatic carbocycles. The Bertz CT molecular complexity index is 3380. The molecular formula is C55H68N14O2. The molecule has 8 heterocycles. The minimum absolute atomic E-state index is 0.0568. The molecule has 0 radical (unpaired) electrons. The highest BCUT2D eigenvalue weighted by Crippen LogP contribution is 2.29. The van der Waals surface area contributed by atoms with Gasteiger partial charge in [0, 0.05) is 96.1 Å². The molecule has 16 nitrogen and oxygen atoms in total. The summed E-state index contributed by atoms with van der Waals surface area (Å²) in [5.74, 6) is 0.924. The van der Waals surface area contributed by atoms with Gasteiger partial charge in [-0.3, -0.25) is 24.5 Å². The predicted octanol–water partition coefficient (Wildman–Crippen LogP) is 9.61. The topological polar surface area (TPSA) is 171 Å². The highest BCUT2D eigenvalue weighted by atomic mass is 16.1. The predicted molar refractivity (Wildman–Crippen MR) is 284 cm³/mol. The Morgan fingerprint density at radius 3 is 1.51 bits per heavy atom. The fourth-order valence-electron chi connectivity index (χ4n) is 9.38. The molecule has 0 saturated heterocycles. The van der Waals surface area contributed by atoms with Crippen LogP contribution in [-0.4, -0.2) is 72.7 Å². The van der Waals surface area contributed by atoms with E-state index in [1.54, 1.807) is 34.2 Å². The smallest absolute Gasteiger partial charge is 0.278 e. The Kier molecular flexibility index (Phi) is 13.3. The maximum atomic E-state index is 13.4. The standard InChI is InChI=1S/C29H37N7O.C26H31N7O/c1-18(2)34-13-11-20-14-22(9-8-21(20)17-34)32-28-31-16-24-26(33-28)36(35(19(3)4)27(24)37)23-10-12-30-25(15-23)29(5,6)7;1-16(2)32-24(34)21-15-29-25(30-19-7-6-18-14-27-10-8-17(18)12-19)31-23(21)33(32)20-9-11-28-22(13-20)26(3,4)5/h8-10,12,14-16,18-19H,11,13,17H2,1-7H3,(H,31,32,33);6-7,9,11-13,15-16,27H,8,10,14H2,1-5H3,(H,29,30,31). The molecule has 2 aliphatic heterocycles. The molecule has 0 unspecified atom stereocenters. The van der Waals surface area contributed by atoms with Crippen LogP contribution in [0.4, 0.5) is 23.3 Å². The van der Waals surface area contributed by atoms with Gasteiger partial charge in [0.25, 0.3) is 11.1 Å². The summed E-state index contributed by atoms with van der Waals surface area (Å²) >= 11 is 0. The van der Waals surface area contributed by atoms with E-state index in [2.05, 4.69) is 127 Å². The largest absolute Gasteiger partial charge is 0.324 e. The summed E-state index contributed by atoms with van der Waals surface area (Å²) in [4.78, 5) is 56.9. The second-order valence-electron chi connectivity index (χ2n) is 21.7. The van der Waals surface area contributed by atoms with E-state index in [9.17, 15) is 9.59 Å². The molecule has 71 heavy (non-hydrogen) atoms. The molecule has 0 fully saturated rings. The molecule has 0 bridgehead atoms. The van der Waals surface area contributed by atoms with Crippen LogP contribution in [0.5, 0.6) is 0 Å². The number of fused-ring (bicyclic) bond motifs is 4. The molecule has 0 amide bonds. The van der Waals surface area contributed by atoms with Crippen molar-refractivity contribution in [3.8, 4) is 11.4 Å². The van der Waals surface area contributed by atoms with Gasteiger partial charge in [-0.25, -0.2) is 28.7 Å². The van der Waals surface area contributed by atoms with Gasteiger partial charge in [-0.05, 0) is 132 Å². The fraction of sp³-hybridized carbons (Fsp3) is 0.418. The van der Waals surface area contributed by atoms with E-state index in [0.29, 0.717) is 40.0 Å². The van der Waals surface area contributed by atoms with Gasteiger partial charge in [-0.15, -0.1) is 0 Å². The van der Waals surface area contributed by atoms with E-state index in [1.807, 2.05) is 67.4 Å². The van der Waals surface area contributed by atoms with Crippen LogP contribution in [0.2, 0.25) is 0 Å². The Morgan fingerprint density at radius 2 is 1.04 bits per heavy atom. The average molecular weight is 957 g/mol. The van der Waals surface area contributed by atoms with Crippen LogP contribution in [0.15, 0.2) is 95.0 Å². The number of benzene rings is 2. The van der Waals surface area contributed by atoms with Gasteiger partial charge in [0.15, 0.2) is 11.3 Å². The van der Waals surface area contributed by atoms with Crippen LogP contribution in [-0.2, 0) is 36.8 Å². The molecule has 16 heteroatoms. The van der Waals surface area contributed by atoms with Crippen molar-refractivity contribution in [1.82, 2.24) is 58.8 Å². The highest BCUT2D eigenvalue weighted by Gasteiger charge is 2.25. The number of nitrogens with zero attached hydrogens (tertiary/aromatic N) is 11. The van der Waals surface area contributed by atoms with Crippen molar-refractivity contribution in [2.45, 2.75) is 138 Å². The third kappa shape index (κ3) is 10.00. The first kappa shape index (κ1) is 49.0. The SMILES string of the molecule is CC(C)N1CCc2cc(Nc3ncc4c(=O)n(C(C)C)n(-c5ccnc(C(C)(C)C)c5)c4n3)ccc2C1.CC(C)n1c(=O)c2cnc(Nc3ccc4c(c3)CCNC4)nc2n1-c1ccnc(C(C)(C)C)c1. The van der Waals surface area contributed by atoms with E-state index in [0.717, 1.165) is 73.2 Å². The van der Waals surface area contributed by atoms with Crippen molar-refractivity contribution in [3.05, 3.63) is 140 Å². The average Bonchev–Trinajstić information content (AvgIpc) is 3.80. The monoisotopic (exact) mass is 957 g/mol. The lowest BCUT2D eigenvalue weighted by molar-refractivity contribution is 0.203. The number of hydrogen-bond acceptors (Lipinski definition) is 12. The zero-order chi connectivity index (χ0) is 50.5. The van der Waals surface area contributed by atoms with Crippen molar-refractivity contribution in [1.29, 1.82) is 0 Å². The minimum Gasteiger partial charge on any atom is -0.324 e. The number of aromatic nitrogens is 10. The van der Waals surface area contributed by atoms with Gasteiger partial charge in [-0.1, -0.05) is 53.7 Å². The van der Waals surface area contributed by atoms with Gasteiger partial charge in [0.1, 0.15) is 10.8 Å². The molecule has 10 rings (SSSR count). The van der Waals surface area contributed by atoms with Gasteiger partial charge in [0.2, 0.25) is 11.9 Å². The van der Waals surface area contributed by atoms with Crippen molar-refractivity contribution < 1.29 is 0 Å².